The van der Waals surface area contributed by atoms with Gasteiger partial charge in [0.15, 0.2) is 0 Å². The number of carbonyl (C=O) groups is 1. The highest BCUT2D eigenvalue weighted by molar-refractivity contribution is 7.92. The minimum Gasteiger partial charge on any atom is -0.379 e. The Morgan fingerprint density at radius 3 is 2.59 bits per heavy atom. The first-order chi connectivity index (χ1) is 12.7. The smallest absolute Gasteiger partial charge is 0.243 e. The Morgan fingerprint density at radius 2 is 1.96 bits per heavy atom. The number of ether oxygens (including phenoxy) is 1. The minimum atomic E-state index is -3.60. The normalized spacial score (nSPS) is 16.7. The van der Waals surface area contributed by atoms with Crippen molar-refractivity contribution in [2.24, 2.45) is 0 Å². The molecule has 2 rings (SSSR count). The van der Waals surface area contributed by atoms with Gasteiger partial charge in [-0.1, -0.05) is 12.1 Å². The van der Waals surface area contributed by atoms with Crippen molar-refractivity contribution < 1.29 is 17.9 Å². The van der Waals surface area contributed by atoms with Gasteiger partial charge in [-0.2, -0.15) is 0 Å². The fraction of sp³-hybridized carbons (Fsp3) is 0.632. The van der Waals surface area contributed by atoms with Crippen LogP contribution in [0.5, 0.6) is 0 Å². The van der Waals surface area contributed by atoms with E-state index in [2.05, 4.69) is 10.2 Å². The summed E-state index contributed by atoms with van der Waals surface area (Å²) in [5.41, 5.74) is 2.31. The molecule has 8 heteroatoms. The molecule has 0 saturated carbocycles. The van der Waals surface area contributed by atoms with Crippen molar-refractivity contribution in [1.29, 1.82) is 0 Å². The third-order valence-corrected chi connectivity index (χ3v) is 5.97. The second kappa shape index (κ2) is 9.52. The maximum Gasteiger partial charge on any atom is 0.243 e. The molecule has 1 aromatic rings. The molecule has 1 fully saturated rings. The zero-order chi connectivity index (χ0) is 20.0. The number of carbonyl (C=O) groups excluding carboxylic acids is 1. The van der Waals surface area contributed by atoms with E-state index >= 15 is 0 Å². The number of hydrogen-bond donors (Lipinski definition) is 1. The number of aryl methyl sites for hydroxylation is 2. The predicted molar refractivity (Wildman–Crippen MR) is 108 cm³/mol. The van der Waals surface area contributed by atoms with E-state index in [-0.39, 0.29) is 5.91 Å². The largest absolute Gasteiger partial charge is 0.379 e. The van der Waals surface area contributed by atoms with E-state index in [0.717, 1.165) is 56.7 Å². The Hall–Kier alpha value is -1.64. The molecule has 1 amide bonds. The van der Waals surface area contributed by atoms with Crippen molar-refractivity contribution >= 4 is 21.6 Å². The van der Waals surface area contributed by atoms with Crippen molar-refractivity contribution in [3.05, 3.63) is 29.3 Å². The molecule has 1 saturated heterocycles. The molecule has 27 heavy (non-hydrogen) atoms. The van der Waals surface area contributed by atoms with Crippen LogP contribution in [-0.2, 0) is 19.6 Å². The lowest BCUT2D eigenvalue weighted by Crippen LogP contribution is -2.48. The van der Waals surface area contributed by atoms with Gasteiger partial charge in [0, 0.05) is 19.6 Å². The second-order valence-electron chi connectivity index (χ2n) is 7.12. The lowest BCUT2D eigenvalue weighted by atomic mass is 10.1. The average molecular weight is 398 g/mol. The van der Waals surface area contributed by atoms with Crippen LogP contribution in [0, 0.1) is 13.8 Å². The van der Waals surface area contributed by atoms with E-state index in [1.807, 2.05) is 26.0 Å². The first kappa shape index (κ1) is 21.7. The van der Waals surface area contributed by atoms with Crippen LogP contribution in [0.2, 0.25) is 0 Å². The third-order valence-electron chi connectivity index (χ3n) is 4.74. The molecule has 7 nitrogen and oxygen atoms in total. The average Bonchev–Trinajstić information content (AvgIpc) is 2.61. The van der Waals surface area contributed by atoms with Gasteiger partial charge in [-0.25, -0.2) is 8.42 Å². The molecule has 152 valence electrons. The Bertz CT molecular complexity index is 745. The van der Waals surface area contributed by atoms with Gasteiger partial charge in [-0.15, -0.1) is 0 Å². The van der Waals surface area contributed by atoms with Crippen molar-refractivity contribution in [2.45, 2.75) is 33.2 Å². The van der Waals surface area contributed by atoms with Gasteiger partial charge >= 0.3 is 0 Å². The van der Waals surface area contributed by atoms with Crippen LogP contribution in [0.1, 0.15) is 24.5 Å². The monoisotopic (exact) mass is 397 g/mol. The van der Waals surface area contributed by atoms with Gasteiger partial charge in [0.25, 0.3) is 0 Å². The summed E-state index contributed by atoms with van der Waals surface area (Å²) in [5.74, 6) is -0.289. The highest BCUT2D eigenvalue weighted by Crippen LogP contribution is 2.26. The molecule has 1 aromatic carbocycles. The Balaban J connectivity index is 1.99. The van der Waals surface area contributed by atoms with Gasteiger partial charge in [0.2, 0.25) is 15.9 Å². The van der Waals surface area contributed by atoms with Crippen LogP contribution in [-0.4, -0.2) is 70.9 Å². The number of nitrogens with one attached hydrogen (secondary N) is 1. The van der Waals surface area contributed by atoms with Crippen LogP contribution in [0.3, 0.4) is 0 Å². The van der Waals surface area contributed by atoms with E-state index in [0.29, 0.717) is 12.2 Å². The Labute approximate surface area is 162 Å². The molecule has 0 aromatic heterocycles. The van der Waals surface area contributed by atoms with Crippen LogP contribution in [0.25, 0.3) is 0 Å². The lowest BCUT2D eigenvalue weighted by Gasteiger charge is -2.30. The Morgan fingerprint density at radius 1 is 1.30 bits per heavy atom. The molecule has 0 aliphatic carbocycles. The summed E-state index contributed by atoms with van der Waals surface area (Å²) < 4.78 is 31.3. The highest BCUT2D eigenvalue weighted by Gasteiger charge is 2.30. The standard InChI is InChI=1S/C19H31N3O4S/c1-15-6-7-16(2)18(14-15)22(27(4,24)25)17(3)19(23)20-8-5-9-21-10-12-26-13-11-21/h6-7,14,17H,5,8-13H2,1-4H3,(H,20,23). The number of benzene rings is 1. The molecule has 0 bridgehead atoms. The van der Waals surface area contributed by atoms with Gasteiger partial charge in [-0.05, 0) is 50.9 Å². The number of amides is 1. The minimum absolute atomic E-state index is 0.289. The van der Waals surface area contributed by atoms with Crippen LogP contribution in [0.15, 0.2) is 18.2 Å². The molecule has 1 heterocycles. The van der Waals surface area contributed by atoms with E-state index in [4.69, 9.17) is 4.74 Å². The molecule has 1 unspecified atom stereocenters. The Kier molecular flexibility index (Phi) is 7.64. The fourth-order valence-electron chi connectivity index (χ4n) is 3.22. The number of nitrogens with zero attached hydrogens (tertiary/aromatic N) is 2. The first-order valence-electron chi connectivity index (χ1n) is 9.34. The molecular formula is C19H31N3O4S. The van der Waals surface area contributed by atoms with Crippen molar-refractivity contribution in [3.63, 3.8) is 0 Å². The second-order valence-corrected chi connectivity index (χ2v) is 8.98. The molecule has 1 aliphatic rings. The zero-order valence-electron chi connectivity index (χ0n) is 16.7. The molecule has 0 radical (unpaired) electrons. The number of hydrogen-bond acceptors (Lipinski definition) is 5. The van der Waals surface area contributed by atoms with Crippen LogP contribution in [0.4, 0.5) is 5.69 Å². The molecular weight excluding hydrogens is 366 g/mol. The summed E-state index contributed by atoms with van der Waals surface area (Å²) in [6.45, 7) is 10.1. The molecule has 1 aliphatic heterocycles. The highest BCUT2D eigenvalue weighted by atomic mass is 32.2. The van der Waals surface area contributed by atoms with E-state index < -0.39 is 16.1 Å². The maximum atomic E-state index is 12.6. The summed E-state index contributed by atoms with van der Waals surface area (Å²) in [5, 5.41) is 2.88. The van der Waals surface area contributed by atoms with Gasteiger partial charge in [-0.3, -0.25) is 14.0 Å². The summed E-state index contributed by atoms with van der Waals surface area (Å²) in [6, 6.07) is 4.79. The van der Waals surface area contributed by atoms with Gasteiger partial charge in [0.05, 0.1) is 25.2 Å². The van der Waals surface area contributed by atoms with Crippen LogP contribution < -0.4 is 9.62 Å². The molecule has 1 atom stereocenters. The lowest BCUT2D eigenvalue weighted by molar-refractivity contribution is -0.121. The fourth-order valence-corrected chi connectivity index (χ4v) is 4.45. The molecule has 1 N–H and O–H groups in total. The van der Waals surface area contributed by atoms with Crippen molar-refractivity contribution in [3.8, 4) is 0 Å². The van der Waals surface area contributed by atoms with E-state index in [1.165, 1.54) is 4.31 Å². The van der Waals surface area contributed by atoms with Crippen molar-refractivity contribution in [2.75, 3.05) is 50.0 Å². The van der Waals surface area contributed by atoms with E-state index in [1.54, 1.807) is 13.0 Å². The summed E-state index contributed by atoms with van der Waals surface area (Å²) in [6.07, 6.45) is 1.96. The van der Waals surface area contributed by atoms with Gasteiger partial charge in [0.1, 0.15) is 6.04 Å². The topological polar surface area (TPSA) is 79.0 Å². The summed E-state index contributed by atoms with van der Waals surface area (Å²) in [4.78, 5) is 14.9. The SMILES string of the molecule is Cc1ccc(C)c(N(C(C)C(=O)NCCCN2CCOCC2)S(C)(=O)=O)c1. The number of anilines is 1. The summed E-state index contributed by atoms with van der Waals surface area (Å²) >= 11 is 0. The number of sulfonamides is 1. The summed E-state index contributed by atoms with van der Waals surface area (Å²) in [7, 11) is -3.60. The first-order valence-corrected chi connectivity index (χ1v) is 11.2. The van der Waals surface area contributed by atoms with Gasteiger partial charge < -0.3 is 10.1 Å². The third kappa shape index (κ3) is 6.19. The predicted octanol–water partition coefficient (Wildman–Crippen LogP) is 1.30. The number of rotatable bonds is 8. The van der Waals surface area contributed by atoms with Crippen LogP contribution >= 0.6 is 0 Å². The zero-order valence-corrected chi connectivity index (χ0v) is 17.5. The van der Waals surface area contributed by atoms with E-state index in [9.17, 15) is 13.2 Å². The molecule has 0 spiro atoms. The quantitative estimate of drug-likeness (QED) is 0.669. The van der Waals surface area contributed by atoms with Crippen molar-refractivity contribution in [1.82, 2.24) is 10.2 Å². The number of morpholine rings is 1. The maximum absolute atomic E-state index is 12.6.